The van der Waals surface area contributed by atoms with Gasteiger partial charge >= 0.3 is 0 Å². The highest BCUT2D eigenvalue weighted by Gasteiger charge is 2.38. The van der Waals surface area contributed by atoms with Crippen LogP contribution in [0.4, 0.5) is 0 Å². The predicted molar refractivity (Wildman–Crippen MR) is 109 cm³/mol. The van der Waals surface area contributed by atoms with Crippen molar-refractivity contribution >= 4 is 0 Å². The number of hydrogen-bond acceptors (Lipinski definition) is 0. The first-order valence-corrected chi connectivity index (χ1v) is 8.97. The standard InChI is InChI=1S/C22H26.C2H6/c1-6-18(4)22(19(5)7-2,20-11-9-8-10-12-20)21-15-13-17(3)14-16-21;1-2/h6-13,15-17H,1,4,14H2,2-3,5H3;1-2H3/b19-7+;. The fraction of sp³-hybridized carbons (Fsp3) is 0.333. The summed E-state index contributed by atoms with van der Waals surface area (Å²) in [5.41, 5.74) is 4.56. The molecule has 24 heavy (non-hydrogen) atoms. The number of allylic oxidation sites excluding steroid dienone is 8. The maximum atomic E-state index is 4.35. The van der Waals surface area contributed by atoms with Crippen LogP contribution in [0, 0.1) is 5.92 Å². The van der Waals surface area contributed by atoms with Crippen molar-refractivity contribution in [2.45, 2.75) is 46.5 Å². The van der Waals surface area contributed by atoms with Crippen molar-refractivity contribution < 1.29 is 0 Å². The van der Waals surface area contributed by atoms with Crippen LogP contribution in [-0.2, 0) is 5.41 Å². The zero-order valence-electron chi connectivity index (χ0n) is 16.0. The average molecular weight is 321 g/mol. The van der Waals surface area contributed by atoms with Crippen LogP contribution < -0.4 is 0 Å². The van der Waals surface area contributed by atoms with Gasteiger partial charge in [0.25, 0.3) is 0 Å². The monoisotopic (exact) mass is 320 g/mol. The summed E-state index contributed by atoms with van der Waals surface area (Å²) in [6.07, 6.45) is 12.1. The molecule has 2 rings (SSSR count). The van der Waals surface area contributed by atoms with Crippen molar-refractivity contribution in [3.05, 3.63) is 96.2 Å². The fourth-order valence-electron chi connectivity index (χ4n) is 3.31. The molecular weight excluding hydrogens is 288 g/mol. The second kappa shape index (κ2) is 9.27. The summed E-state index contributed by atoms with van der Waals surface area (Å²) < 4.78 is 0. The molecule has 0 amide bonds. The van der Waals surface area contributed by atoms with E-state index in [0.717, 1.165) is 12.0 Å². The van der Waals surface area contributed by atoms with Crippen molar-refractivity contribution in [3.63, 3.8) is 0 Å². The van der Waals surface area contributed by atoms with Crippen LogP contribution >= 0.6 is 0 Å². The molecule has 1 aliphatic carbocycles. The lowest BCUT2D eigenvalue weighted by atomic mass is 9.63. The third-order valence-corrected chi connectivity index (χ3v) is 4.71. The molecule has 0 heteroatoms. The minimum absolute atomic E-state index is 0.311. The molecule has 0 saturated heterocycles. The van der Waals surface area contributed by atoms with E-state index in [-0.39, 0.29) is 5.41 Å². The molecule has 1 aromatic carbocycles. The van der Waals surface area contributed by atoms with Gasteiger partial charge < -0.3 is 0 Å². The molecule has 0 spiro atoms. The average Bonchev–Trinajstić information content (AvgIpc) is 2.65. The first-order valence-electron chi connectivity index (χ1n) is 8.97. The second-order valence-corrected chi connectivity index (χ2v) is 6.05. The highest BCUT2D eigenvalue weighted by atomic mass is 14.4. The Morgan fingerprint density at radius 2 is 1.83 bits per heavy atom. The Labute approximate surface area is 149 Å². The van der Waals surface area contributed by atoms with Crippen molar-refractivity contribution in [3.8, 4) is 0 Å². The molecule has 0 bridgehead atoms. The zero-order chi connectivity index (χ0) is 18.2. The minimum atomic E-state index is -0.311. The molecule has 2 unspecified atom stereocenters. The van der Waals surface area contributed by atoms with Gasteiger partial charge in [-0.05, 0) is 42.9 Å². The normalized spacial score (nSPS) is 19.5. The molecule has 1 aromatic rings. The predicted octanol–water partition coefficient (Wildman–Crippen LogP) is 7.18. The van der Waals surface area contributed by atoms with Gasteiger partial charge in [0.05, 0.1) is 5.41 Å². The SMILES string of the molecule is C=CC(=C)C(C1=CCC(C)C=C1)(/C(C)=C/C)c1ccccc1.CC. The molecule has 0 nitrogen and oxygen atoms in total. The van der Waals surface area contributed by atoms with Crippen LogP contribution in [-0.4, -0.2) is 0 Å². The summed E-state index contributed by atoms with van der Waals surface area (Å²) in [5, 5.41) is 0. The molecule has 128 valence electrons. The summed E-state index contributed by atoms with van der Waals surface area (Å²) >= 11 is 0. The summed E-state index contributed by atoms with van der Waals surface area (Å²) in [4.78, 5) is 0. The molecule has 1 aliphatic rings. The van der Waals surface area contributed by atoms with Crippen molar-refractivity contribution in [1.82, 2.24) is 0 Å². The summed E-state index contributed by atoms with van der Waals surface area (Å²) in [7, 11) is 0. The lowest BCUT2D eigenvalue weighted by Gasteiger charge is -2.39. The Hall–Kier alpha value is -2.08. The molecule has 0 fully saturated rings. The van der Waals surface area contributed by atoms with Gasteiger partial charge in [-0.25, -0.2) is 0 Å². The minimum Gasteiger partial charge on any atom is -0.0988 e. The van der Waals surface area contributed by atoms with Gasteiger partial charge in [0.15, 0.2) is 0 Å². The van der Waals surface area contributed by atoms with Crippen LogP contribution in [0.1, 0.15) is 46.6 Å². The molecule has 2 atom stereocenters. The fourth-order valence-corrected chi connectivity index (χ4v) is 3.31. The van der Waals surface area contributed by atoms with Gasteiger partial charge in [0.1, 0.15) is 0 Å². The highest BCUT2D eigenvalue weighted by molar-refractivity contribution is 5.60. The van der Waals surface area contributed by atoms with E-state index < -0.39 is 0 Å². The van der Waals surface area contributed by atoms with E-state index in [2.05, 4.69) is 88.6 Å². The summed E-state index contributed by atoms with van der Waals surface area (Å²) in [6, 6.07) is 10.6. The van der Waals surface area contributed by atoms with Crippen LogP contribution in [0.25, 0.3) is 0 Å². The van der Waals surface area contributed by atoms with E-state index in [1.165, 1.54) is 16.7 Å². The smallest absolute Gasteiger partial charge is 0.0649 e. The Morgan fingerprint density at radius 3 is 2.29 bits per heavy atom. The van der Waals surface area contributed by atoms with E-state index in [1.807, 2.05) is 19.9 Å². The second-order valence-electron chi connectivity index (χ2n) is 6.05. The maximum Gasteiger partial charge on any atom is 0.0649 e. The molecule has 0 saturated carbocycles. The van der Waals surface area contributed by atoms with Gasteiger partial charge in [0.2, 0.25) is 0 Å². The first kappa shape index (κ1) is 20.0. The molecule has 0 aliphatic heterocycles. The topological polar surface area (TPSA) is 0 Å². The van der Waals surface area contributed by atoms with Gasteiger partial charge in [-0.1, -0.05) is 100 Å². The quantitative estimate of drug-likeness (QED) is 0.398. The van der Waals surface area contributed by atoms with Gasteiger partial charge in [-0.2, -0.15) is 0 Å². The van der Waals surface area contributed by atoms with Crippen LogP contribution in [0.3, 0.4) is 0 Å². The lowest BCUT2D eigenvalue weighted by Crippen LogP contribution is -2.32. The van der Waals surface area contributed by atoms with Crippen molar-refractivity contribution in [1.29, 1.82) is 0 Å². The molecular formula is C24H32. The Morgan fingerprint density at radius 1 is 1.21 bits per heavy atom. The van der Waals surface area contributed by atoms with Crippen LogP contribution in [0.2, 0.25) is 0 Å². The maximum absolute atomic E-state index is 4.35. The largest absolute Gasteiger partial charge is 0.0988 e. The van der Waals surface area contributed by atoms with E-state index in [9.17, 15) is 0 Å². The molecule has 0 heterocycles. The Kier molecular flexibility index (Phi) is 7.71. The summed E-state index contributed by atoms with van der Waals surface area (Å²) in [5.74, 6) is 0.597. The van der Waals surface area contributed by atoms with E-state index in [0.29, 0.717) is 5.92 Å². The van der Waals surface area contributed by atoms with Gasteiger partial charge in [-0.15, -0.1) is 0 Å². The third-order valence-electron chi connectivity index (χ3n) is 4.71. The highest BCUT2D eigenvalue weighted by Crippen LogP contribution is 2.47. The van der Waals surface area contributed by atoms with E-state index in [1.54, 1.807) is 0 Å². The van der Waals surface area contributed by atoms with Crippen molar-refractivity contribution in [2.24, 2.45) is 5.92 Å². The molecule has 0 radical (unpaired) electrons. The third kappa shape index (κ3) is 3.70. The zero-order valence-corrected chi connectivity index (χ0v) is 16.0. The Bertz CT molecular complexity index is 636. The first-order chi connectivity index (χ1) is 11.6. The van der Waals surface area contributed by atoms with Crippen molar-refractivity contribution in [2.75, 3.05) is 0 Å². The van der Waals surface area contributed by atoms with Gasteiger partial charge in [0, 0.05) is 0 Å². The summed E-state index contributed by atoms with van der Waals surface area (Å²) in [6.45, 7) is 18.9. The van der Waals surface area contributed by atoms with Crippen LogP contribution in [0.5, 0.6) is 0 Å². The lowest BCUT2D eigenvalue weighted by molar-refractivity contribution is 0.673. The number of hydrogen-bond donors (Lipinski definition) is 0. The van der Waals surface area contributed by atoms with E-state index in [4.69, 9.17) is 0 Å². The number of benzene rings is 1. The van der Waals surface area contributed by atoms with E-state index >= 15 is 0 Å². The van der Waals surface area contributed by atoms with Gasteiger partial charge in [-0.3, -0.25) is 0 Å². The Balaban J connectivity index is 0.00000139. The van der Waals surface area contributed by atoms with Crippen LogP contribution in [0.15, 0.2) is 90.6 Å². The molecule has 0 aromatic heterocycles. The molecule has 0 N–H and O–H groups in total. The number of rotatable bonds is 5.